The van der Waals surface area contributed by atoms with Crippen molar-refractivity contribution in [3.05, 3.63) is 35.8 Å². The molecular weight excluding hydrogens is 196 g/mol. The van der Waals surface area contributed by atoms with Gasteiger partial charge in [0.1, 0.15) is 6.17 Å². The first-order valence-electron chi connectivity index (χ1n) is 5.22. The molecule has 0 aliphatic carbocycles. The van der Waals surface area contributed by atoms with Crippen LogP contribution in [0.1, 0.15) is 33.1 Å². The summed E-state index contributed by atoms with van der Waals surface area (Å²) in [6.07, 6.45) is 6.05. The fourth-order valence-corrected chi connectivity index (χ4v) is 0.971. The third-order valence-corrected chi connectivity index (χ3v) is 1.82. The summed E-state index contributed by atoms with van der Waals surface area (Å²) >= 11 is 0. The van der Waals surface area contributed by atoms with E-state index in [1.165, 1.54) is 12.2 Å². The second-order valence-corrected chi connectivity index (χ2v) is 3.23. The molecule has 0 aromatic rings. The van der Waals surface area contributed by atoms with Crippen molar-refractivity contribution in [2.75, 3.05) is 0 Å². The minimum Gasteiger partial charge on any atom is -0.399 e. The zero-order valence-corrected chi connectivity index (χ0v) is 9.34. The maximum atomic E-state index is 13.2. The van der Waals surface area contributed by atoms with Crippen LogP contribution in [0, 0.1) is 0 Å². The van der Waals surface area contributed by atoms with E-state index in [2.05, 4.69) is 0 Å². The summed E-state index contributed by atoms with van der Waals surface area (Å²) in [5.74, 6) is -0.284. The van der Waals surface area contributed by atoms with Gasteiger partial charge in [-0.05, 0) is 31.1 Å². The third kappa shape index (κ3) is 7.91. The van der Waals surface area contributed by atoms with Crippen LogP contribution < -0.4 is 5.73 Å². The second-order valence-electron chi connectivity index (χ2n) is 3.23. The van der Waals surface area contributed by atoms with Gasteiger partial charge < -0.3 is 5.73 Å². The number of alkyl halides is 1. The molecule has 1 unspecified atom stereocenters. The standard InChI is InChI=1S/C12H19F2N/c1-3-5-6-12(15)9-11(14)8-7-10(13)4-2/h5-7,9,11H,3-4,8,15H2,1-2H3/b6-5-,10-7+,12-9+. The zero-order chi connectivity index (χ0) is 11.7. The van der Waals surface area contributed by atoms with Crippen molar-refractivity contribution >= 4 is 0 Å². The van der Waals surface area contributed by atoms with Gasteiger partial charge in [-0.15, -0.1) is 0 Å². The average Bonchev–Trinajstić information content (AvgIpc) is 2.22. The monoisotopic (exact) mass is 215 g/mol. The number of hydrogen-bond donors (Lipinski definition) is 1. The van der Waals surface area contributed by atoms with Crippen molar-refractivity contribution in [2.45, 2.75) is 39.3 Å². The van der Waals surface area contributed by atoms with Gasteiger partial charge in [0.2, 0.25) is 0 Å². The molecule has 86 valence electrons. The molecule has 0 saturated heterocycles. The molecule has 2 N–H and O–H groups in total. The molecule has 1 atom stereocenters. The predicted octanol–water partition coefficient (Wildman–Crippen LogP) is 3.79. The molecule has 0 saturated carbocycles. The van der Waals surface area contributed by atoms with Gasteiger partial charge in [0.25, 0.3) is 0 Å². The van der Waals surface area contributed by atoms with E-state index in [4.69, 9.17) is 5.73 Å². The van der Waals surface area contributed by atoms with Gasteiger partial charge in [-0.25, -0.2) is 8.78 Å². The van der Waals surface area contributed by atoms with Crippen molar-refractivity contribution in [1.29, 1.82) is 0 Å². The molecular formula is C12H19F2N. The summed E-state index contributed by atoms with van der Waals surface area (Å²) in [5.41, 5.74) is 5.90. The highest BCUT2D eigenvalue weighted by Crippen LogP contribution is 2.09. The Morgan fingerprint density at radius 1 is 1.40 bits per heavy atom. The van der Waals surface area contributed by atoms with E-state index in [9.17, 15) is 8.78 Å². The lowest BCUT2D eigenvalue weighted by Crippen LogP contribution is -2.00. The van der Waals surface area contributed by atoms with Crippen LogP contribution >= 0.6 is 0 Å². The van der Waals surface area contributed by atoms with Gasteiger partial charge >= 0.3 is 0 Å². The summed E-state index contributed by atoms with van der Waals surface area (Å²) in [5, 5.41) is 0. The molecule has 0 fully saturated rings. The summed E-state index contributed by atoms with van der Waals surface area (Å²) < 4.78 is 25.8. The first kappa shape index (κ1) is 13.9. The SMILES string of the molecule is CC/C=C\C(N)=C/C(F)C/C=C(/F)CC. The molecule has 1 nitrogen and oxygen atoms in total. The summed E-state index contributed by atoms with van der Waals surface area (Å²) in [6.45, 7) is 3.66. The van der Waals surface area contributed by atoms with Crippen molar-refractivity contribution in [3.8, 4) is 0 Å². The molecule has 0 aromatic carbocycles. The average molecular weight is 215 g/mol. The Morgan fingerprint density at radius 3 is 2.60 bits per heavy atom. The highest BCUT2D eigenvalue weighted by molar-refractivity contribution is 5.16. The predicted molar refractivity (Wildman–Crippen MR) is 60.7 cm³/mol. The van der Waals surface area contributed by atoms with E-state index < -0.39 is 6.17 Å². The van der Waals surface area contributed by atoms with E-state index in [1.54, 1.807) is 13.0 Å². The topological polar surface area (TPSA) is 26.0 Å². The maximum Gasteiger partial charge on any atom is 0.124 e. The molecule has 0 aliphatic rings. The molecule has 15 heavy (non-hydrogen) atoms. The minimum absolute atomic E-state index is 0.0420. The molecule has 0 amide bonds. The molecule has 0 bridgehead atoms. The highest BCUT2D eigenvalue weighted by atomic mass is 19.1. The van der Waals surface area contributed by atoms with Crippen molar-refractivity contribution in [3.63, 3.8) is 0 Å². The Labute approximate surface area is 90.4 Å². The lowest BCUT2D eigenvalue weighted by molar-refractivity contribution is 0.399. The van der Waals surface area contributed by atoms with Crippen LogP contribution in [0.4, 0.5) is 8.78 Å². The summed E-state index contributed by atoms with van der Waals surface area (Å²) in [6, 6.07) is 0. The Bertz CT molecular complexity index is 254. The van der Waals surface area contributed by atoms with Crippen LogP contribution in [0.25, 0.3) is 0 Å². The second kappa shape index (κ2) is 8.21. The number of hydrogen-bond acceptors (Lipinski definition) is 1. The van der Waals surface area contributed by atoms with Gasteiger partial charge in [-0.2, -0.15) is 0 Å². The summed E-state index contributed by atoms with van der Waals surface area (Å²) in [7, 11) is 0. The van der Waals surface area contributed by atoms with Crippen molar-refractivity contribution < 1.29 is 8.78 Å². The van der Waals surface area contributed by atoms with Crippen LogP contribution in [0.3, 0.4) is 0 Å². The number of allylic oxidation sites excluding steroid dienone is 5. The van der Waals surface area contributed by atoms with Gasteiger partial charge in [-0.3, -0.25) is 0 Å². The van der Waals surface area contributed by atoms with E-state index in [0.717, 1.165) is 6.42 Å². The smallest absolute Gasteiger partial charge is 0.124 e. The van der Waals surface area contributed by atoms with Crippen LogP contribution in [0.2, 0.25) is 0 Å². The van der Waals surface area contributed by atoms with Crippen molar-refractivity contribution in [1.82, 2.24) is 0 Å². The fourth-order valence-electron chi connectivity index (χ4n) is 0.971. The largest absolute Gasteiger partial charge is 0.399 e. The van der Waals surface area contributed by atoms with Crippen LogP contribution in [0.5, 0.6) is 0 Å². The molecule has 0 aliphatic heterocycles. The Hall–Kier alpha value is -1.12. The Morgan fingerprint density at radius 2 is 2.07 bits per heavy atom. The number of rotatable bonds is 6. The van der Waals surface area contributed by atoms with E-state index in [1.807, 2.05) is 13.0 Å². The van der Waals surface area contributed by atoms with Crippen molar-refractivity contribution in [2.24, 2.45) is 5.73 Å². The molecule has 0 radical (unpaired) electrons. The van der Waals surface area contributed by atoms with Gasteiger partial charge in [0, 0.05) is 12.1 Å². The van der Waals surface area contributed by atoms with Gasteiger partial charge in [0.05, 0.1) is 5.83 Å². The number of halogens is 2. The van der Waals surface area contributed by atoms with E-state index in [0.29, 0.717) is 12.1 Å². The lowest BCUT2D eigenvalue weighted by atomic mass is 10.2. The van der Waals surface area contributed by atoms with Gasteiger partial charge in [-0.1, -0.05) is 19.9 Å². The van der Waals surface area contributed by atoms with Crippen LogP contribution in [0.15, 0.2) is 35.8 Å². The molecule has 3 heteroatoms. The van der Waals surface area contributed by atoms with Crippen LogP contribution in [-0.4, -0.2) is 6.17 Å². The number of nitrogens with two attached hydrogens (primary N) is 1. The third-order valence-electron chi connectivity index (χ3n) is 1.82. The first-order valence-corrected chi connectivity index (χ1v) is 5.22. The highest BCUT2D eigenvalue weighted by Gasteiger charge is 2.01. The molecule has 0 heterocycles. The quantitative estimate of drug-likeness (QED) is 0.670. The minimum atomic E-state index is -1.22. The molecule has 0 aromatic heterocycles. The van der Waals surface area contributed by atoms with E-state index >= 15 is 0 Å². The normalized spacial score (nSPS) is 16.0. The van der Waals surface area contributed by atoms with E-state index in [-0.39, 0.29) is 12.2 Å². The zero-order valence-electron chi connectivity index (χ0n) is 9.34. The van der Waals surface area contributed by atoms with Crippen LogP contribution in [-0.2, 0) is 0 Å². The maximum absolute atomic E-state index is 13.2. The fraction of sp³-hybridized carbons (Fsp3) is 0.500. The summed E-state index contributed by atoms with van der Waals surface area (Å²) in [4.78, 5) is 0. The van der Waals surface area contributed by atoms with Gasteiger partial charge in [0.15, 0.2) is 0 Å². The molecule has 0 rings (SSSR count). The Kier molecular flexibility index (Phi) is 7.60. The Balaban J connectivity index is 4.11. The first-order chi connectivity index (χ1) is 7.10. The lowest BCUT2D eigenvalue weighted by Gasteiger charge is -2.00. The molecule has 0 spiro atoms.